The Morgan fingerprint density at radius 1 is 0.588 bits per heavy atom. The summed E-state index contributed by atoms with van der Waals surface area (Å²) in [5, 5.41) is 7.88. The van der Waals surface area contributed by atoms with E-state index in [1.165, 1.54) is 80.0 Å². The third kappa shape index (κ3) is 4.16. The van der Waals surface area contributed by atoms with Gasteiger partial charge >= 0.3 is 0 Å². The van der Waals surface area contributed by atoms with Crippen LogP contribution in [0.2, 0.25) is 0 Å². The van der Waals surface area contributed by atoms with Gasteiger partial charge < -0.3 is 5.32 Å². The number of rotatable bonds is 3. The number of thiophene rings is 1. The molecule has 242 valence electrons. The molecule has 3 heteroatoms. The molecule has 11 rings (SSSR count). The number of benzene rings is 7. The van der Waals surface area contributed by atoms with E-state index < -0.39 is 5.41 Å². The van der Waals surface area contributed by atoms with Crippen LogP contribution in [0, 0.1) is 5.92 Å². The van der Waals surface area contributed by atoms with E-state index in [0.717, 1.165) is 11.4 Å². The van der Waals surface area contributed by atoms with E-state index in [9.17, 15) is 0 Å². The molecule has 2 aliphatic carbocycles. The molecule has 3 aliphatic rings. The van der Waals surface area contributed by atoms with E-state index in [1.54, 1.807) is 0 Å². The molecular formula is C48H33NS2. The molecule has 8 aromatic rings. The smallest absolute Gasteiger partial charge is 0.0736 e. The molecule has 0 bridgehead atoms. The van der Waals surface area contributed by atoms with Crippen molar-refractivity contribution in [1.29, 1.82) is 0 Å². The largest absolute Gasteiger partial charge is 0.355 e. The van der Waals surface area contributed by atoms with Crippen LogP contribution in [0.1, 0.15) is 51.1 Å². The highest BCUT2D eigenvalue weighted by Gasteiger charge is 2.50. The van der Waals surface area contributed by atoms with Crippen molar-refractivity contribution in [2.45, 2.75) is 28.0 Å². The van der Waals surface area contributed by atoms with Crippen LogP contribution in [0.5, 0.6) is 0 Å². The van der Waals surface area contributed by atoms with Crippen LogP contribution in [0.3, 0.4) is 0 Å². The summed E-state index contributed by atoms with van der Waals surface area (Å²) < 4.78 is 1.36. The highest BCUT2D eigenvalue weighted by Crippen LogP contribution is 2.62. The van der Waals surface area contributed by atoms with Crippen molar-refractivity contribution in [3.63, 3.8) is 0 Å². The highest BCUT2D eigenvalue weighted by molar-refractivity contribution is 7.99. The van der Waals surface area contributed by atoms with Crippen molar-refractivity contribution in [2.75, 3.05) is 5.32 Å². The zero-order valence-electron chi connectivity index (χ0n) is 28.1. The summed E-state index contributed by atoms with van der Waals surface area (Å²) in [5.41, 5.74) is 12.8. The first-order valence-electron chi connectivity index (χ1n) is 17.8. The molecule has 2 atom stereocenters. The number of fused-ring (bicyclic) bond motifs is 13. The quantitative estimate of drug-likeness (QED) is 0.198. The highest BCUT2D eigenvalue weighted by atomic mass is 32.2. The minimum Gasteiger partial charge on any atom is -0.355 e. The molecule has 2 unspecified atom stereocenters. The van der Waals surface area contributed by atoms with E-state index in [-0.39, 0.29) is 5.92 Å². The molecule has 7 aromatic carbocycles. The zero-order valence-corrected chi connectivity index (χ0v) is 29.7. The lowest BCUT2D eigenvalue weighted by Crippen LogP contribution is -2.32. The Kier molecular flexibility index (Phi) is 6.38. The summed E-state index contributed by atoms with van der Waals surface area (Å²) in [5.74, 6) is 0.658. The summed E-state index contributed by atoms with van der Waals surface area (Å²) in [7, 11) is 0. The van der Waals surface area contributed by atoms with Gasteiger partial charge in [0.25, 0.3) is 0 Å². The number of anilines is 2. The average molecular weight is 688 g/mol. The molecule has 1 N–H and O–H groups in total. The summed E-state index contributed by atoms with van der Waals surface area (Å²) in [6.07, 6.45) is 4.75. The van der Waals surface area contributed by atoms with Crippen molar-refractivity contribution in [3.8, 4) is 11.1 Å². The fourth-order valence-corrected chi connectivity index (χ4v) is 11.7. The van der Waals surface area contributed by atoms with Crippen LogP contribution in [0.25, 0.3) is 38.1 Å². The lowest BCUT2D eigenvalue weighted by Gasteiger charge is -2.40. The Morgan fingerprint density at radius 2 is 1.25 bits per heavy atom. The van der Waals surface area contributed by atoms with Crippen LogP contribution >= 0.6 is 23.1 Å². The lowest BCUT2D eigenvalue weighted by molar-refractivity contribution is 0.625. The first-order chi connectivity index (χ1) is 25.2. The summed E-state index contributed by atoms with van der Waals surface area (Å²) in [6, 6.07) is 56.8. The van der Waals surface area contributed by atoms with Crippen molar-refractivity contribution in [3.05, 3.63) is 196 Å². The Bertz CT molecular complexity index is 2700. The predicted octanol–water partition coefficient (Wildman–Crippen LogP) is 13.4. The Hall–Kier alpha value is -5.35. The van der Waals surface area contributed by atoms with Gasteiger partial charge in [-0.3, -0.25) is 0 Å². The lowest BCUT2D eigenvalue weighted by atomic mass is 9.67. The third-order valence-corrected chi connectivity index (χ3v) is 13.7. The van der Waals surface area contributed by atoms with Crippen molar-refractivity contribution in [1.82, 2.24) is 0 Å². The van der Waals surface area contributed by atoms with E-state index in [1.807, 2.05) is 23.1 Å². The van der Waals surface area contributed by atoms with Crippen LogP contribution in [0.15, 0.2) is 168 Å². The molecular weight excluding hydrogens is 655 g/mol. The van der Waals surface area contributed by atoms with Crippen LogP contribution in [0.4, 0.5) is 11.4 Å². The van der Waals surface area contributed by atoms with Crippen molar-refractivity contribution < 1.29 is 0 Å². The van der Waals surface area contributed by atoms with E-state index in [0.29, 0.717) is 5.92 Å². The average Bonchev–Trinajstić information content (AvgIpc) is 3.69. The summed E-state index contributed by atoms with van der Waals surface area (Å²) >= 11 is 3.81. The molecule has 1 nitrogen and oxygen atoms in total. The molecule has 0 fully saturated rings. The van der Waals surface area contributed by atoms with E-state index in [2.05, 4.69) is 176 Å². The SMILES string of the molecule is CC1C=Cc2sc3ccccc3c2C1c1cc(Nc2ccc3c(c2)C2(c4ccccc4S3)c3ccccc3-c3ccccc32)c2ccccc2c1. The van der Waals surface area contributed by atoms with Crippen LogP contribution < -0.4 is 5.32 Å². The molecule has 0 amide bonds. The van der Waals surface area contributed by atoms with E-state index >= 15 is 0 Å². The van der Waals surface area contributed by atoms with Gasteiger partial charge in [0, 0.05) is 42.0 Å². The Labute approximate surface area is 306 Å². The van der Waals surface area contributed by atoms with Crippen molar-refractivity contribution >= 4 is 61.4 Å². The Morgan fingerprint density at radius 3 is 2.08 bits per heavy atom. The minimum absolute atomic E-state index is 0.275. The molecule has 0 saturated heterocycles. The topological polar surface area (TPSA) is 12.0 Å². The number of allylic oxidation sites excluding steroid dienone is 1. The third-order valence-electron chi connectivity index (χ3n) is 11.4. The molecule has 0 radical (unpaired) electrons. The van der Waals surface area contributed by atoms with Crippen LogP contribution in [-0.2, 0) is 5.41 Å². The second kappa shape index (κ2) is 11.1. The van der Waals surface area contributed by atoms with Gasteiger partial charge in [0.1, 0.15) is 0 Å². The van der Waals surface area contributed by atoms with Crippen LogP contribution in [-0.4, -0.2) is 0 Å². The van der Waals surface area contributed by atoms with Gasteiger partial charge in [0.2, 0.25) is 0 Å². The number of hydrogen-bond acceptors (Lipinski definition) is 3. The molecule has 1 aliphatic heterocycles. The molecule has 1 aromatic heterocycles. The first kappa shape index (κ1) is 29.4. The number of hydrogen-bond donors (Lipinski definition) is 1. The van der Waals surface area contributed by atoms with Gasteiger partial charge in [-0.05, 0) is 104 Å². The van der Waals surface area contributed by atoms with Gasteiger partial charge in [-0.25, -0.2) is 0 Å². The number of nitrogens with one attached hydrogen (secondary N) is 1. The molecule has 51 heavy (non-hydrogen) atoms. The standard InChI is InChI=1S/C48H33NS2/c1-29-22-24-45-47(36-16-6-10-20-42(36)50-45)46(29)31-26-30-12-2-3-13-33(30)41(27-31)49-32-23-25-44-40(28-32)48(39-19-9-11-21-43(39)51-44)37-17-7-4-14-34(37)35-15-5-8-18-38(35)48/h2-29,46,49H,1H3. The minimum atomic E-state index is -0.397. The molecule has 2 heterocycles. The van der Waals surface area contributed by atoms with Gasteiger partial charge in [-0.15, -0.1) is 11.3 Å². The summed E-state index contributed by atoms with van der Waals surface area (Å²) in [6.45, 7) is 2.37. The monoisotopic (exact) mass is 687 g/mol. The fourth-order valence-electron chi connectivity index (χ4n) is 9.32. The first-order valence-corrected chi connectivity index (χ1v) is 19.4. The Balaban J connectivity index is 1.10. The fraction of sp³-hybridized carbons (Fsp3) is 0.0833. The van der Waals surface area contributed by atoms with Gasteiger partial charge in [0.05, 0.1) is 5.41 Å². The maximum absolute atomic E-state index is 4.00. The second-order valence-electron chi connectivity index (χ2n) is 14.1. The van der Waals surface area contributed by atoms with E-state index in [4.69, 9.17) is 0 Å². The maximum atomic E-state index is 4.00. The van der Waals surface area contributed by atoms with Gasteiger partial charge in [-0.2, -0.15) is 0 Å². The maximum Gasteiger partial charge on any atom is 0.0736 e. The zero-order chi connectivity index (χ0) is 33.7. The molecule has 1 spiro atoms. The normalized spacial score (nSPS) is 17.5. The van der Waals surface area contributed by atoms with Crippen molar-refractivity contribution in [2.24, 2.45) is 5.92 Å². The second-order valence-corrected chi connectivity index (χ2v) is 16.3. The van der Waals surface area contributed by atoms with Gasteiger partial charge in [0.15, 0.2) is 0 Å². The van der Waals surface area contributed by atoms with Gasteiger partial charge in [-0.1, -0.05) is 140 Å². The molecule has 0 saturated carbocycles. The summed E-state index contributed by atoms with van der Waals surface area (Å²) in [4.78, 5) is 4.02. The predicted molar refractivity (Wildman–Crippen MR) is 217 cm³/mol.